The second-order valence-corrected chi connectivity index (χ2v) is 34.9. The number of nitriles is 4. The van der Waals surface area contributed by atoms with E-state index in [4.69, 9.17) is 26.3 Å². The summed E-state index contributed by atoms with van der Waals surface area (Å²) in [5.41, 5.74) is 13.9. The molecule has 12 aromatic rings. The van der Waals surface area contributed by atoms with Gasteiger partial charge in [-0.2, -0.15) is 21.0 Å². The number of amides is 8. The Bertz CT molecular complexity index is 6200. The van der Waals surface area contributed by atoms with E-state index in [0.717, 1.165) is 118 Å². The Kier molecular flexibility index (Phi) is 28.4. The third-order valence-electron chi connectivity index (χ3n) is 25.7. The highest BCUT2D eigenvalue weighted by Crippen LogP contribution is 2.57. The van der Waals surface area contributed by atoms with Crippen LogP contribution in [-0.4, -0.2) is 51.4 Å². The number of rotatable bonds is 20. The van der Waals surface area contributed by atoms with Crippen LogP contribution in [0.2, 0.25) is 0 Å². The van der Waals surface area contributed by atoms with Gasteiger partial charge in [-0.3, -0.25) is 39.2 Å². The zero-order chi connectivity index (χ0) is 95.3. The molecule has 4 aliphatic heterocycles. The summed E-state index contributed by atoms with van der Waals surface area (Å²) in [6.45, 7) is 54.0. The molecule has 662 valence electrons. The summed E-state index contributed by atoms with van der Waals surface area (Å²) in [4.78, 5) is 84.7. The van der Waals surface area contributed by atoms with Gasteiger partial charge in [-0.05, 0) is 243 Å². The van der Waals surface area contributed by atoms with Crippen molar-refractivity contribution in [2.24, 2.45) is 0 Å². The van der Waals surface area contributed by atoms with Crippen LogP contribution in [0.3, 0.4) is 0 Å². The van der Waals surface area contributed by atoms with E-state index in [2.05, 4.69) is 161 Å². The van der Waals surface area contributed by atoms with Crippen LogP contribution in [0.1, 0.15) is 192 Å². The molecule has 0 bridgehead atoms. The van der Waals surface area contributed by atoms with E-state index in [-0.39, 0.29) is 42.2 Å². The first-order valence-electron chi connectivity index (χ1n) is 44.5. The van der Waals surface area contributed by atoms with Gasteiger partial charge in [0.05, 0.1) is 113 Å². The minimum atomic E-state index is -1.69. The smallest absolute Gasteiger partial charge is 0.332 e. The Morgan fingerprint density at radius 2 is 0.534 bits per heavy atom. The molecular weight excluding hydrogens is 1650 g/mol. The number of carbonyl (C=O) groups is 4. The summed E-state index contributed by atoms with van der Waals surface area (Å²) >= 11 is 0. The molecule has 0 aliphatic carbocycles. The van der Waals surface area contributed by atoms with Gasteiger partial charge in [0.2, 0.25) is 0 Å². The molecule has 2 unspecified atom stereocenters. The maximum absolute atomic E-state index is 14.1. The van der Waals surface area contributed by atoms with Crippen molar-refractivity contribution in [3.63, 3.8) is 0 Å². The van der Waals surface area contributed by atoms with E-state index >= 15 is 0 Å². The minimum Gasteiger partial charge on any atom is -0.364 e. The lowest BCUT2D eigenvalue weighted by atomic mass is 9.78. The normalized spacial score (nSPS) is 20.4. The van der Waals surface area contributed by atoms with E-state index in [9.17, 15) is 45.3 Å². The number of hydrogen-bond donors (Lipinski definition) is 1. The lowest BCUT2D eigenvalue weighted by molar-refractivity contribution is -0.0140. The molecule has 21 heteroatoms. The maximum Gasteiger partial charge on any atom is 0.332 e. The highest BCUT2D eigenvalue weighted by molar-refractivity contribution is 6.12. The van der Waals surface area contributed by atoms with Crippen LogP contribution in [0.25, 0.3) is 19.4 Å². The van der Waals surface area contributed by atoms with Gasteiger partial charge in [0.25, 0.3) is 0 Å². The maximum atomic E-state index is 14.1. The Labute approximate surface area is 780 Å². The molecule has 4 aliphatic rings. The summed E-state index contributed by atoms with van der Waals surface area (Å²) in [5, 5.41) is 49.5. The van der Waals surface area contributed by atoms with Crippen molar-refractivity contribution in [1.29, 1.82) is 21.0 Å². The van der Waals surface area contributed by atoms with Gasteiger partial charge in [0, 0.05) is 51.1 Å². The molecule has 0 radical (unpaired) electrons. The first-order valence-corrected chi connectivity index (χ1v) is 44.5. The van der Waals surface area contributed by atoms with Crippen LogP contribution in [0.15, 0.2) is 291 Å². The van der Waals surface area contributed by atoms with Crippen LogP contribution in [0, 0.1) is 99.3 Å². The Morgan fingerprint density at radius 3 is 0.774 bits per heavy atom. The van der Waals surface area contributed by atoms with Crippen LogP contribution in [-0.2, 0) is 5.72 Å². The molecule has 133 heavy (non-hydrogen) atoms. The predicted octanol–water partition coefficient (Wildman–Crippen LogP) is 27.8. The third-order valence-corrected chi connectivity index (χ3v) is 25.7. The monoisotopic (exact) mass is 1750 g/mol. The van der Waals surface area contributed by atoms with E-state index in [1.807, 2.05) is 165 Å². The van der Waals surface area contributed by atoms with Crippen LogP contribution < -0.4 is 39.2 Å². The Hall–Kier alpha value is -16.4. The quantitative estimate of drug-likeness (QED) is 0.0715. The summed E-state index contributed by atoms with van der Waals surface area (Å²) in [5.74, 6) is 0. The number of hydrogen-bond acceptors (Lipinski definition) is 9. The Morgan fingerprint density at radius 1 is 0.301 bits per heavy atom. The van der Waals surface area contributed by atoms with Crippen molar-refractivity contribution in [1.82, 2.24) is 0 Å². The fourth-order valence-electron chi connectivity index (χ4n) is 19.9. The van der Waals surface area contributed by atoms with Crippen molar-refractivity contribution in [3.05, 3.63) is 404 Å². The van der Waals surface area contributed by atoms with Crippen molar-refractivity contribution in [2.45, 2.75) is 180 Å². The van der Waals surface area contributed by atoms with Gasteiger partial charge in [-0.15, -0.1) is 0 Å². The molecule has 0 aromatic heterocycles. The third kappa shape index (κ3) is 18.2. The first-order chi connectivity index (χ1) is 64.1. The molecule has 4 heterocycles. The highest BCUT2D eigenvalue weighted by Gasteiger charge is 2.66. The van der Waals surface area contributed by atoms with Gasteiger partial charge in [-0.25, -0.2) is 38.6 Å². The molecule has 0 saturated carbocycles. The first kappa shape index (κ1) is 94.2. The topological polar surface area (TPSA) is 227 Å². The molecule has 4 saturated heterocycles. The zero-order valence-electron chi connectivity index (χ0n) is 76.8. The van der Waals surface area contributed by atoms with Gasteiger partial charge >= 0.3 is 24.1 Å². The van der Waals surface area contributed by atoms with E-state index in [0.29, 0.717) is 68.4 Å². The second kappa shape index (κ2) is 40.1. The highest BCUT2D eigenvalue weighted by atomic mass is 16.3. The number of aryl methyl sites for hydroxylation is 4. The number of benzene rings is 12. The molecule has 1 N–H and O–H groups in total. The summed E-state index contributed by atoms with van der Waals surface area (Å²) in [6.07, 6.45) is 6.38. The van der Waals surface area contributed by atoms with Crippen LogP contribution >= 0.6 is 0 Å². The number of aliphatic hydroxyl groups is 1. The lowest BCUT2D eigenvalue weighted by Gasteiger charge is -2.45. The molecule has 0 spiro atoms. The standard InChI is InChI=1S/C28H26N4O2.3C28H26N4O/c1-5-17-27(3)28(34,22-8-6-7-20(2)18-22)32(25-15-11-23(30-4)12-16-25)26(33)31(27)24-13-9-21(19-29)10-14-24;3*1-5-17-28(3)26(22-8-6-7-20(2)18-22)31(24-15-11-23(30-4)12-16-24)27(33)32(28)25-13-9-21(19-29)10-14-25/h6-16,18,34H,5,17H2,1-3H3;3*6-16,18,26H,5,17H2,1-3H3/t27-,28?;26?,28-;26-,28+;26-,28-/m1101/s1. The SMILES string of the molecule is [C-]#[N+]c1ccc(N2C(=O)N(c3ccc(C#N)cc3)[C@](C)(CCC)C2(O)c2cccc(C)c2)cc1.[C-]#[N+]c1ccc(N2C(=O)N(c3ccc(C#N)cc3)[C@](C)(CCC)C2c2cccc(C)c2)cc1.[C-]#[N+]c1ccc(N2C(=O)N(c3ccc(C#N)cc3)[C@](C)(CCC)[C@@H]2c2cccc(C)c2)cc1.[C-]#[N+]c1ccc(N2C(=O)N(c3ccc(C#N)cc3)[C@](C)(CCC)[C@H]2c2cccc(C)c2)cc1. The predicted molar refractivity (Wildman–Crippen MR) is 527 cm³/mol. The van der Waals surface area contributed by atoms with Crippen molar-refractivity contribution in [3.8, 4) is 24.3 Å². The molecule has 21 nitrogen and oxygen atoms in total. The van der Waals surface area contributed by atoms with Gasteiger partial charge in [-0.1, -0.05) is 221 Å². The van der Waals surface area contributed by atoms with Crippen molar-refractivity contribution < 1.29 is 24.3 Å². The fourth-order valence-corrected chi connectivity index (χ4v) is 19.9. The van der Waals surface area contributed by atoms with E-state index < -0.39 is 27.9 Å². The van der Waals surface area contributed by atoms with Crippen LogP contribution in [0.5, 0.6) is 0 Å². The molecule has 8 atom stereocenters. The molecule has 4 fully saturated rings. The number of nitrogens with zero attached hydrogens (tertiary/aromatic N) is 16. The molecule has 12 aromatic carbocycles. The van der Waals surface area contributed by atoms with Crippen LogP contribution in [0.4, 0.5) is 87.4 Å². The van der Waals surface area contributed by atoms with Crippen molar-refractivity contribution in [2.75, 3.05) is 39.2 Å². The largest absolute Gasteiger partial charge is 0.364 e. The van der Waals surface area contributed by atoms with E-state index in [1.54, 1.807) is 126 Å². The minimum absolute atomic E-state index is 0.113. The second-order valence-electron chi connectivity index (χ2n) is 34.9. The lowest BCUT2D eigenvalue weighted by Crippen LogP contribution is -2.58. The fraction of sp³-hybridized carbons (Fsp3) is 0.250. The number of carbonyl (C=O) groups excluding carboxylic acids is 4. The summed E-state index contributed by atoms with van der Waals surface area (Å²) in [6, 6.07) is 96.5. The number of urea groups is 4. The number of anilines is 8. The Balaban J connectivity index is 0.000000151. The summed E-state index contributed by atoms with van der Waals surface area (Å²) < 4.78 is 0. The molecular formula is C112H104N16O5. The molecule has 16 rings (SSSR count). The van der Waals surface area contributed by atoms with Gasteiger partial charge in [0.1, 0.15) is 0 Å². The molecule has 8 amide bonds. The summed E-state index contributed by atoms with van der Waals surface area (Å²) in [7, 11) is 0. The average molecular weight is 1750 g/mol. The van der Waals surface area contributed by atoms with Gasteiger partial charge < -0.3 is 5.11 Å². The van der Waals surface area contributed by atoms with Gasteiger partial charge in [0.15, 0.2) is 28.5 Å². The van der Waals surface area contributed by atoms with E-state index in [1.165, 1.54) is 4.90 Å². The average Bonchev–Trinajstić information content (AvgIpc) is 1.52. The zero-order valence-corrected chi connectivity index (χ0v) is 76.8. The van der Waals surface area contributed by atoms with Crippen molar-refractivity contribution >= 4 is 92.4 Å².